The summed E-state index contributed by atoms with van der Waals surface area (Å²) in [4.78, 5) is 23.7. The zero-order chi connectivity index (χ0) is 20.6. The van der Waals surface area contributed by atoms with Crippen molar-refractivity contribution in [3.8, 4) is 0 Å². The van der Waals surface area contributed by atoms with Crippen LogP contribution in [0.2, 0.25) is 0 Å². The molecule has 0 aromatic rings. The summed E-state index contributed by atoms with van der Waals surface area (Å²) in [5.41, 5.74) is 0. The van der Waals surface area contributed by atoms with E-state index in [9.17, 15) is 9.59 Å². The zero-order valence-electron chi connectivity index (χ0n) is 18.3. The van der Waals surface area contributed by atoms with Crippen molar-refractivity contribution in [1.29, 1.82) is 0 Å². The van der Waals surface area contributed by atoms with Gasteiger partial charge in [0.05, 0.1) is 0 Å². The molecule has 0 aliphatic carbocycles. The Labute approximate surface area is 172 Å². The second kappa shape index (κ2) is 15.4. The molecule has 1 saturated heterocycles. The second-order valence-corrected chi connectivity index (χ2v) is 8.03. The van der Waals surface area contributed by atoms with Crippen molar-refractivity contribution in [3.05, 3.63) is 24.3 Å². The third kappa shape index (κ3) is 10.7. The molecule has 1 N–H and O–H groups in total. The highest BCUT2D eigenvalue weighted by atomic mass is 16.6. The Hall–Kier alpha value is -1.58. The molecule has 1 fully saturated rings. The summed E-state index contributed by atoms with van der Waals surface area (Å²) < 4.78 is 5.16. The molecule has 0 radical (unpaired) electrons. The molecule has 4 heteroatoms. The van der Waals surface area contributed by atoms with Crippen LogP contribution < -0.4 is 5.32 Å². The van der Waals surface area contributed by atoms with Crippen LogP contribution in [0, 0.1) is 5.92 Å². The van der Waals surface area contributed by atoms with Gasteiger partial charge in [-0.1, -0.05) is 70.3 Å². The first-order chi connectivity index (χ1) is 13.6. The Morgan fingerprint density at radius 1 is 0.929 bits per heavy atom. The van der Waals surface area contributed by atoms with Crippen LogP contribution in [-0.2, 0) is 14.3 Å². The van der Waals surface area contributed by atoms with E-state index in [2.05, 4.69) is 36.5 Å². The van der Waals surface area contributed by atoms with Crippen LogP contribution in [0.15, 0.2) is 24.3 Å². The molecule has 0 saturated carbocycles. The lowest BCUT2D eigenvalue weighted by molar-refractivity contribution is -0.143. The highest BCUT2D eigenvalue weighted by Gasteiger charge is 2.40. The van der Waals surface area contributed by atoms with Crippen molar-refractivity contribution in [3.63, 3.8) is 0 Å². The number of unbranched alkanes of at least 4 members (excludes halogenated alkanes) is 8. The quantitative estimate of drug-likeness (QED) is 0.216. The minimum Gasteiger partial charge on any atom is -0.461 e. The maximum absolute atomic E-state index is 12.0. The molecule has 4 nitrogen and oxygen atoms in total. The lowest BCUT2D eigenvalue weighted by atomic mass is 10.00. The highest BCUT2D eigenvalue weighted by Crippen LogP contribution is 2.21. The standard InChI is InChI=1S/C24H41NO3/c1-4-5-6-7-8-9-10-11-12-13-14-15-16-17-18-19-22(26)25-23-20(2)21(3)28-24(23)27/h8-9,11-12,20-21,23H,4-7,10,13-19H2,1-3H3,(H,25,26)/b9-8-,12-11-/t20-,21-,23+/m0/s1. The number of hydrogen-bond donors (Lipinski definition) is 1. The van der Waals surface area contributed by atoms with Gasteiger partial charge in [-0.05, 0) is 45.4 Å². The summed E-state index contributed by atoms with van der Waals surface area (Å²) in [6.07, 6.45) is 22.4. The number of esters is 1. The molecule has 28 heavy (non-hydrogen) atoms. The van der Waals surface area contributed by atoms with Gasteiger partial charge >= 0.3 is 5.97 Å². The zero-order valence-corrected chi connectivity index (χ0v) is 18.3. The van der Waals surface area contributed by atoms with Crippen LogP contribution in [0.1, 0.15) is 97.8 Å². The van der Waals surface area contributed by atoms with E-state index in [1.807, 2.05) is 13.8 Å². The number of carbonyl (C=O) groups is 2. The number of ether oxygens (including phenoxy) is 1. The van der Waals surface area contributed by atoms with Crippen LogP contribution in [0.5, 0.6) is 0 Å². The third-order valence-electron chi connectivity index (χ3n) is 5.49. The summed E-state index contributed by atoms with van der Waals surface area (Å²) in [5, 5.41) is 2.83. The van der Waals surface area contributed by atoms with E-state index in [1.54, 1.807) is 0 Å². The van der Waals surface area contributed by atoms with Crippen molar-refractivity contribution in [2.45, 2.75) is 110 Å². The number of cyclic esters (lactones) is 1. The molecule has 1 aliphatic heterocycles. The van der Waals surface area contributed by atoms with E-state index < -0.39 is 6.04 Å². The smallest absolute Gasteiger partial charge is 0.329 e. The first-order valence-electron chi connectivity index (χ1n) is 11.4. The third-order valence-corrected chi connectivity index (χ3v) is 5.49. The lowest BCUT2D eigenvalue weighted by Gasteiger charge is -2.14. The van der Waals surface area contributed by atoms with E-state index in [0.29, 0.717) is 6.42 Å². The molecule has 3 atom stereocenters. The maximum Gasteiger partial charge on any atom is 0.329 e. The Morgan fingerprint density at radius 3 is 2.14 bits per heavy atom. The van der Waals surface area contributed by atoms with Crippen LogP contribution in [0.4, 0.5) is 0 Å². The number of nitrogens with one attached hydrogen (secondary N) is 1. The first kappa shape index (κ1) is 24.5. The lowest BCUT2D eigenvalue weighted by Crippen LogP contribution is -2.41. The van der Waals surface area contributed by atoms with Gasteiger partial charge < -0.3 is 10.1 Å². The van der Waals surface area contributed by atoms with Crippen LogP contribution in [0.25, 0.3) is 0 Å². The fraction of sp³-hybridized carbons (Fsp3) is 0.750. The molecular formula is C24H41NO3. The van der Waals surface area contributed by atoms with Crippen molar-refractivity contribution in [2.75, 3.05) is 0 Å². The average Bonchev–Trinajstić information content (AvgIpc) is 2.91. The SMILES string of the molecule is CCCCC/C=C\C/C=C\CCCCCCCC(=O)N[C@H]1C(=O)O[C@@H](C)[C@@H]1C. The minimum atomic E-state index is -0.472. The van der Waals surface area contributed by atoms with Gasteiger partial charge in [0.25, 0.3) is 0 Å². The molecule has 1 aliphatic rings. The summed E-state index contributed by atoms with van der Waals surface area (Å²) in [7, 11) is 0. The predicted octanol–water partition coefficient (Wildman–Crippen LogP) is 5.87. The Bertz CT molecular complexity index is 498. The molecule has 0 aromatic carbocycles. The monoisotopic (exact) mass is 391 g/mol. The van der Waals surface area contributed by atoms with Gasteiger partial charge in [-0.2, -0.15) is 0 Å². The molecule has 0 aromatic heterocycles. The van der Waals surface area contributed by atoms with Crippen LogP contribution in [-0.4, -0.2) is 24.0 Å². The molecule has 1 amide bonds. The number of hydrogen-bond acceptors (Lipinski definition) is 3. The van der Waals surface area contributed by atoms with E-state index in [4.69, 9.17) is 4.74 Å². The summed E-state index contributed by atoms with van der Waals surface area (Å²) in [6.45, 7) is 6.05. The van der Waals surface area contributed by atoms with E-state index in [1.165, 1.54) is 38.5 Å². The molecule has 1 rings (SSSR count). The number of carbonyl (C=O) groups excluding carboxylic acids is 2. The molecule has 0 spiro atoms. The van der Waals surface area contributed by atoms with E-state index in [0.717, 1.165) is 32.1 Å². The number of allylic oxidation sites excluding steroid dienone is 4. The normalized spacial score (nSPS) is 22.2. The largest absolute Gasteiger partial charge is 0.461 e. The Morgan fingerprint density at radius 2 is 1.54 bits per heavy atom. The molecule has 0 bridgehead atoms. The highest BCUT2D eigenvalue weighted by molar-refractivity contribution is 5.86. The first-order valence-corrected chi connectivity index (χ1v) is 11.4. The summed E-state index contributed by atoms with van der Waals surface area (Å²) >= 11 is 0. The van der Waals surface area contributed by atoms with Gasteiger partial charge in [-0.25, -0.2) is 4.79 Å². The number of rotatable bonds is 15. The molecule has 1 heterocycles. The minimum absolute atomic E-state index is 0.0337. The molecular weight excluding hydrogens is 350 g/mol. The maximum atomic E-state index is 12.0. The van der Waals surface area contributed by atoms with Gasteiger partial charge in [-0.15, -0.1) is 0 Å². The van der Waals surface area contributed by atoms with Crippen LogP contribution >= 0.6 is 0 Å². The molecule has 0 unspecified atom stereocenters. The fourth-order valence-electron chi connectivity index (χ4n) is 3.38. The van der Waals surface area contributed by atoms with Gasteiger partial charge in [-0.3, -0.25) is 4.79 Å². The summed E-state index contributed by atoms with van der Waals surface area (Å²) in [6, 6.07) is -0.472. The topological polar surface area (TPSA) is 55.4 Å². The second-order valence-electron chi connectivity index (χ2n) is 8.03. The van der Waals surface area contributed by atoms with E-state index in [-0.39, 0.29) is 23.9 Å². The van der Waals surface area contributed by atoms with Gasteiger partial charge in [0.2, 0.25) is 5.91 Å². The fourth-order valence-corrected chi connectivity index (χ4v) is 3.38. The van der Waals surface area contributed by atoms with Crippen LogP contribution in [0.3, 0.4) is 0 Å². The van der Waals surface area contributed by atoms with Gasteiger partial charge in [0.1, 0.15) is 12.1 Å². The number of amides is 1. The van der Waals surface area contributed by atoms with Gasteiger partial charge in [0.15, 0.2) is 0 Å². The Kier molecular flexibility index (Phi) is 13.4. The van der Waals surface area contributed by atoms with Crippen molar-refractivity contribution < 1.29 is 14.3 Å². The van der Waals surface area contributed by atoms with Crippen molar-refractivity contribution >= 4 is 11.9 Å². The summed E-state index contributed by atoms with van der Waals surface area (Å²) in [5.74, 6) is -0.289. The average molecular weight is 392 g/mol. The van der Waals surface area contributed by atoms with Crippen molar-refractivity contribution in [1.82, 2.24) is 5.32 Å². The predicted molar refractivity (Wildman–Crippen MR) is 116 cm³/mol. The van der Waals surface area contributed by atoms with E-state index >= 15 is 0 Å². The van der Waals surface area contributed by atoms with Crippen molar-refractivity contribution in [2.24, 2.45) is 5.92 Å². The van der Waals surface area contributed by atoms with Gasteiger partial charge in [0, 0.05) is 12.3 Å². The Balaban J connectivity index is 1.93. The molecule has 160 valence electrons.